The van der Waals surface area contributed by atoms with Crippen molar-refractivity contribution in [3.8, 4) is 0 Å². The molecule has 18 nitrogen and oxygen atoms in total. The van der Waals surface area contributed by atoms with Crippen LogP contribution in [-0.4, -0.2) is 149 Å². The number of nitrogens with one attached hydrogen (secondary N) is 4. The first-order valence-electron chi connectivity index (χ1n) is 20.7. The zero-order chi connectivity index (χ0) is 42.0. The number of unbranched alkanes of at least 4 members (excludes halogenated alkanes) is 13. The van der Waals surface area contributed by atoms with Gasteiger partial charge in [0.2, 0.25) is 23.6 Å². The van der Waals surface area contributed by atoms with Crippen molar-refractivity contribution in [2.75, 3.05) is 92.3 Å². The van der Waals surface area contributed by atoms with E-state index in [9.17, 15) is 33.9 Å². The second kappa shape index (κ2) is 40.8. The molecule has 0 aliphatic rings. The van der Waals surface area contributed by atoms with Crippen LogP contribution >= 0.6 is 0 Å². The van der Waals surface area contributed by atoms with E-state index in [-0.39, 0.29) is 128 Å². The van der Waals surface area contributed by atoms with Gasteiger partial charge in [-0.25, -0.2) is 4.79 Å². The number of hydrogen-bond donors (Lipinski definition) is 7. The topological polar surface area (TPSA) is 257 Å². The van der Waals surface area contributed by atoms with Crippen LogP contribution in [0, 0.1) is 0 Å². The van der Waals surface area contributed by atoms with Gasteiger partial charge in [0.25, 0.3) is 0 Å². The Balaban J connectivity index is 3.64. The third-order valence-corrected chi connectivity index (χ3v) is 8.49. The molecular weight excluding hydrogens is 748 g/mol. The number of ether oxygens (including phenoxy) is 5. The van der Waals surface area contributed by atoms with Crippen molar-refractivity contribution in [1.82, 2.24) is 21.3 Å². The summed E-state index contributed by atoms with van der Waals surface area (Å²) in [5, 5.41) is 37.2. The number of aliphatic carboxylic acids is 2. The first kappa shape index (κ1) is 53.6. The summed E-state index contributed by atoms with van der Waals surface area (Å²) in [5.41, 5.74) is 0. The zero-order valence-electron chi connectivity index (χ0n) is 34.0. The van der Waals surface area contributed by atoms with E-state index < -0.39 is 18.0 Å². The van der Waals surface area contributed by atoms with Gasteiger partial charge < -0.3 is 60.3 Å². The molecule has 0 radical (unpaired) electrons. The van der Waals surface area contributed by atoms with Crippen molar-refractivity contribution in [3.63, 3.8) is 0 Å². The van der Waals surface area contributed by atoms with Crippen molar-refractivity contribution in [2.45, 2.75) is 122 Å². The van der Waals surface area contributed by atoms with Crippen LogP contribution in [0.25, 0.3) is 0 Å². The number of carbonyl (C=O) groups excluding carboxylic acids is 4. The Bertz CT molecular complexity index is 1050. The van der Waals surface area contributed by atoms with E-state index in [4.69, 9.17) is 33.9 Å². The van der Waals surface area contributed by atoms with Gasteiger partial charge in [0.1, 0.15) is 19.3 Å². The Morgan fingerprint density at radius 2 is 0.807 bits per heavy atom. The Labute approximate surface area is 338 Å². The smallest absolute Gasteiger partial charge is 0.326 e. The van der Waals surface area contributed by atoms with Gasteiger partial charge in [-0.2, -0.15) is 0 Å². The van der Waals surface area contributed by atoms with Gasteiger partial charge in [-0.1, -0.05) is 77.0 Å². The Hall–Kier alpha value is -3.42. The van der Waals surface area contributed by atoms with Gasteiger partial charge in [0.05, 0.1) is 59.5 Å². The van der Waals surface area contributed by atoms with E-state index in [0.29, 0.717) is 19.6 Å². The fourth-order valence-electron chi connectivity index (χ4n) is 5.40. The van der Waals surface area contributed by atoms with Gasteiger partial charge in [0, 0.05) is 38.9 Å². The van der Waals surface area contributed by atoms with E-state index in [2.05, 4.69) is 21.3 Å². The second-order valence-electron chi connectivity index (χ2n) is 13.6. The van der Waals surface area contributed by atoms with E-state index in [1.54, 1.807) is 0 Å². The summed E-state index contributed by atoms with van der Waals surface area (Å²) in [7, 11) is 0. The van der Waals surface area contributed by atoms with Gasteiger partial charge in [-0.15, -0.1) is 0 Å². The standard InChI is InChI=1S/C39H72N4O14/c44-22-26-53-23-20-41-36(47)31-57-30-28-55-25-21-42-37(48)32-56-29-27-54-24-19-40-34(45)18-17-33(39(51)52)43-35(46)15-13-11-9-7-5-3-1-2-4-6-8-10-12-14-16-38(49)50/h33,44H,1-32H2,(H,40,45)(H,41,47)(H,42,48)(H,43,46)(H,49,50)(H,51,52)/t33-/m0/s1. The molecule has 0 aromatic carbocycles. The molecule has 0 rings (SSSR count). The highest BCUT2D eigenvalue weighted by Gasteiger charge is 2.20. The second-order valence-corrected chi connectivity index (χ2v) is 13.6. The third-order valence-electron chi connectivity index (χ3n) is 8.49. The lowest BCUT2D eigenvalue weighted by Gasteiger charge is -2.14. The lowest BCUT2D eigenvalue weighted by Crippen LogP contribution is -2.41. The average molecular weight is 821 g/mol. The van der Waals surface area contributed by atoms with Crippen LogP contribution in [0.5, 0.6) is 0 Å². The van der Waals surface area contributed by atoms with Crippen LogP contribution in [0.3, 0.4) is 0 Å². The van der Waals surface area contributed by atoms with Crippen LogP contribution in [0.4, 0.5) is 0 Å². The first-order chi connectivity index (χ1) is 27.6. The minimum absolute atomic E-state index is 0.0257. The molecule has 0 aliphatic heterocycles. The molecular formula is C39H72N4O14. The van der Waals surface area contributed by atoms with Crippen molar-refractivity contribution < 1.29 is 67.8 Å². The van der Waals surface area contributed by atoms with Crippen LogP contribution in [-0.2, 0) is 52.5 Å². The first-order valence-corrected chi connectivity index (χ1v) is 20.7. The molecule has 0 aliphatic carbocycles. The summed E-state index contributed by atoms with van der Waals surface area (Å²) in [6, 6.07) is -1.14. The molecule has 4 amide bonds. The van der Waals surface area contributed by atoms with Crippen molar-refractivity contribution in [3.05, 3.63) is 0 Å². The van der Waals surface area contributed by atoms with Gasteiger partial charge in [-0.3, -0.25) is 24.0 Å². The molecule has 0 saturated heterocycles. The molecule has 0 heterocycles. The van der Waals surface area contributed by atoms with E-state index in [0.717, 1.165) is 38.5 Å². The summed E-state index contributed by atoms with van der Waals surface area (Å²) >= 11 is 0. The van der Waals surface area contributed by atoms with E-state index >= 15 is 0 Å². The molecule has 0 unspecified atom stereocenters. The van der Waals surface area contributed by atoms with Crippen molar-refractivity contribution in [1.29, 1.82) is 0 Å². The van der Waals surface area contributed by atoms with Crippen LogP contribution in [0.15, 0.2) is 0 Å². The maximum Gasteiger partial charge on any atom is 0.326 e. The van der Waals surface area contributed by atoms with Crippen LogP contribution in [0.1, 0.15) is 116 Å². The normalized spacial score (nSPS) is 11.5. The number of carbonyl (C=O) groups is 6. The maximum absolute atomic E-state index is 12.3. The lowest BCUT2D eigenvalue weighted by atomic mass is 10.0. The molecule has 57 heavy (non-hydrogen) atoms. The van der Waals surface area contributed by atoms with Gasteiger partial charge in [-0.05, 0) is 19.3 Å². The zero-order valence-corrected chi connectivity index (χ0v) is 34.0. The van der Waals surface area contributed by atoms with E-state index in [1.807, 2.05) is 0 Å². The van der Waals surface area contributed by atoms with Gasteiger partial charge >= 0.3 is 11.9 Å². The summed E-state index contributed by atoms with van der Waals surface area (Å²) in [4.78, 5) is 70.0. The highest BCUT2D eigenvalue weighted by atomic mass is 16.5. The highest BCUT2D eigenvalue weighted by Crippen LogP contribution is 2.14. The molecule has 0 spiro atoms. The molecule has 18 heteroatoms. The summed E-state index contributed by atoms with van der Waals surface area (Å²) in [5.74, 6) is -3.19. The highest BCUT2D eigenvalue weighted by molar-refractivity contribution is 5.84. The van der Waals surface area contributed by atoms with Crippen LogP contribution in [0.2, 0.25) is 0 Å². The minimum atomic E-state index is -1.18. The number of carboxylic acids is 2. The molecule has 332 valence electrons. The maximum atomic E-state index is 12.3. The quantitative estimate of drug-likeness (QED) is 0.0435. The number of rotatable bonds is 43. The third kappa shape index (κ3) is 40.6. The largest absolute Gasteiger partial charge is 0.481 e. The average Bonchev–Trinajstić information content (AvgIpc) is 3.17. The van der Waals surface area contributed by atoms with Crippen molar-refractivity contribution >= 4 is 35.6 Å². The van der Waals surface area contributed by atoms with E-state index in [1.165, 1.54) is 44.9 Å². The fourth-order valence-corrected chi connectivity index (χ4v) is 5.40. The number of carboxylic acid groups (broad SMARTS) is 2. The molecule has 0 saturated carbocycles. The van der Waals surface area contributed by atoms with Crippen LogP contribution < -0.4 is 21.3 Å². The Morgan fingerprint density at radius 3 is 1.23 bits per heavy atom. The molecule has 0 bridgehead atoms. The summed E-state index contributed by atoms with van der Waals surface area (Å²) in [6.45, 7) is 2.31. The summed E-state index contributed by atoms with van der Waals surface area (Å²) in [6.07, 6.45) is 15.5. The monoisotopic (exact) mass is 821 g/mol. The number of aliphatic hydroxyl groups is 1. The Morgan fingerprint density at radius 1 is 0.421 bits per heavy atom. The Kier molecular flexibility index (Phi) is 38.3. The number of amides is 4. The minimum Gasteiger partial charge on any atom is -0.481 e. The predicted molar refractivity (Wildman–Crippen MR) is 211 cm³/mol. The fraction of sp³-hybridized carbons (Fsp3) is 0.846. The number of aliphatic hydroxyl groups excluding tert-OH is 1. The molecule has 1 atom stereocenters. The SMILES string of the molecule is O=C(O)CCCCCCCCCCCCCCCCC(=O)N[C@@H](CCC(=O)NCCOCCOCC(=O)NCCOCCOCC(=O)NCCOCCO)C(=O)O. The van der Waals surface area contributed by atoms with Gasteiger partial charge in [0.15, 0.2) is 0 Å². The molecule has 0 aromatic heterocycles. The van der Waals surface area contributed by atoms with Crippen molar-refractivity contribution in [2.24, 2.45) is 0 Å². The molecule has 7 N–H and O–H groups in total. The number of hydrogen-bond acceptors (Lipinski definition) is 12. The predicted octanol–water partition coefficient (Wildman–Crippen LogP) is 2.09. The molecule has 0 fully saturated rings. The lowest BCUT2D eigenvalue weighted by molar-refractivity contribution is -0.142. The molecule has 0 aromatic rings. The summed E-state index contributed by atoms with van der Waals surface area (Å²) < 4.78 is 26.2.